The quantitative estimate of drug-likeness (QED) is 0.525. The van der Waals surface area contributed by atoms with Crippen molar-refractivity contribution in [1.82, 2.24) is 19.3 Å². The van der Waals surface area contributed by atoms with Crippen LogP contribution in [0.1, 0.15) is 23.2 Å². The molecule has 0 spiro atoms. The highest BCUT2D eigenvalue weighted by Gasteiger charge is 2.21. The number of halogens is 1. The van der Waals surface area contributed by atoms with Crippen LogP contribution in [-0.4, -0.2) is 44.3 Å². The number of amides is 1. The molecular weight excluding hydrogens is 410 g/mol. The molecule has 1 amide bonds. The molecule has 7 heteroatoms. The third kappa shape index (κ3) is 3.92. The van der Waals surface area contributed by atoms with Gasteiger partial charge in [0.1, 0.15) is 0 Å². The van der Waals surface area contributed by atoms with Crippen LogP contribution in [0.2, 0.25) is 5.02 Å². The Morgan fingerprint density at radius 1 is 0.935 bits per heavy atom. The lowest BCUT2D eigenvalue weighted by atomic mass is 10.0. The molecule has 1 aliphatic rings. The number of rotatable bonds is 3. The Labute approximate surface area is 185 Å². The normalized spacial score (nSPS) is 14.8. The van der Waals surface area contributed by atoms with E-state index in [4.69, 9.17) is 17.3 Å². The van der Waals surface area contributed by atoms with E-state index in [-0.39, 0.29) is 11.9 Å². The van der Waals surface area contributed by atoms with Gasteiger partial charge in [0.2, 0.25) is 0 Å². The van der Waals surface area contributed by atoms with Gasteiger partial charge in [-0.3, -0.25) is 14.2 Å². The van der Waals surface area contributed by atoms with Crippen LogP contribution in [0, 0.1) is 0 Å². The van der Waals surface area contributed by atoms with Crippen molar-refractivity contribution in [3.05, 3.63) is 77.7 Å². The van der Waals surface area contributed by atoms with Crippen LogP contribution in [0.5, 0.6) is 0 Å². The number of hydrogen-bond donors (Lipinski definition) is 1. The van der Waals surface area contributed by atoms with Crippen LogP contribution in [0.3, 0.4) is 0 Å². The summed E-state index contributed by atoms with van der Waals surface area (Å²) < 4.78 is 2.02. The van der Waals surface area contributed by atoms with Gasteiger partial charge in [-0.25, -0.2) is 4.98 Å². The summed E-state index contributed by atoms with van der Waals surface area (Å²) in [5, 5.41) is 0.696. The molecule has 2 N–H and O–H groups in total. The number of carbonyl (C=O) groups is 1. The first-order chi connectivity index (χ1) is 15.1. The number of benzene rings is 2. The van der Waals surface area contributed by atoms with Crippen molar-refractivity contribution < 1.29 is 4.79 Å². The molecule has 1 aliphatic heterocycles. The maximum atomic E-state index is 12.8. The van der Waals surface area contributed by atoms with Gasteiger partial charge in [-0.1, -0.05) is 35.9 Å². The lowest BCUT2D eigenvalue weighted by Crippen LogP contribution is -2.42. The Bertz CT molecular complexity index is 1230. The maximum Gasteiger partial charge on any atom is 0.253 e. The zero-order chi connectivity index (χ0) is 21.4. The first kappa shape index (κ1) is 19.7. The molecule has 4 aromatic rings. The highest BCUT2D eigenvalue weighted by Crippen LogP contribution is 2.25. The van der Waals surface area contributed by atoms with E-state index < -0.39 is 0 Å². The predicted molar refractivity (Wildman–Crippen MR) is 122 cm³/mol. The number of carbonyl (C=O) groups excluding carboxylic acids is 1. The average Bonchev–Trinajstić information content (AvgIpc) is 3.23. The molecule has 1 saturated heterocycles. The molecule has 1 fully saturated rings. The van der Waals surface area contributed by atoms with Gasteiger partial charge < -0.3 is 10.6 Å². The van der Waals surface area contributed by atoms with E-state index in [1.165, 1.54) is 0 Å². The van der Waals surface area contributed by atoms with Crippen molar-refractivity contribution in [1.29, 1.82) is 0 Å². The Morgan fingerprint density at radius 3 is 2.32 bits per heavy atom. The molecule has 156 valence electrons. The van der Waals surface area contributed by atoms with E-state index in [0.29, 0.717) is 23.7 Å². The Morgan fingerprint density at radius 2 is 1.61 bits per heavy atom. The second kappa shape index (κ2) is 8.13. The summed E-state index contributed by atoms with van der Waals surface area (Å²) in [6, 6.07) is 15.5. The molecule has 3 heterocycles. The first-order valence-corrected chi connectivity index (χ1v) is 10.7. The van der Waals surface area contributed by atoms with Crippen molar-refractivity contribution in [3.63, 3.8) is 0 Å². The van der Waals surface area contributed by atoms with Gasteiger partial charge in [-0.2, -0.15) is 0 Å². The summed E-state index contributed by atoms with van der Waals surface area (Å²) in [5.41, 5.74) is 11.1. The molecule has 2 aromatic heterocycles. The summed E-state index contributed by atoms with van der Waals surface area (Å²) in [6.07, 6.45) is 7.26. The molecule has 5 rings (SSSR count). The van der Waals surface area contributed by atoms with Crippen LogP contribution in [-0.2, 0) is 0 Å². The van der Waals surface area contributed by atoms with Crippen LogP contribution in [0.4, 0.5) is 0 Å². The molecule has 0 radical (unpaired) electrons. The molecule has 2 aromatic carbocycles. The zero-order valence-corrected chi connectivity index (χ0v) is 17.7. The van der Waals surface area contributed by atoms with E-state index in [1.807, 2.05) is 70.2 Å². The Balaban J connectivity index is 1.42. The first-order valence-electron chi connectivity index (χ1n) is 10.3. The highest BCUT2D eigenvalue weighted by molar-refractivity contribution is 6.30. The molecule has 0 unspecified atom stereocenters. The zero-order valence-electron chi connectivity index (χ0n) is 16.9. The summed E-state index contributed by atoms with van der Waals surface area (Å²) >= 11 is 6.02. The Hall–Kier alpha value is -3.22. The second-order valence-corrected chi connectivity index (χ2v) is 8.29. The third-order valence-corrected chi connectivity index (χ3v) is 6.04. The van der Waals surface area contributed by atoms with Crippen molar-refractivity contribution in [2.45, 2.75) is 18.9 Å². The van der Waals surface area contributed by atoms with Crippen molar-refractivity contribution in [3.8, 4) is 22.5 Å². The molecular formula is C24H22ClN5O. The number of hydrogen-bond acceptors (Lipinski definition) is 4. The van der Waals surface area contributed by atoms with E-state index in [0.717, 1.165) is 41.0 Å². The van der Waals surface area contributed by atoms with Gasteiger partial charge in [-0.15, -0.1) is 0 Å². The van der Waals surface area contributed by atoms with Gasteiger partial charge >= 0.3 is 0 Å². The summed E-state index contributed by atoms with van der Waals surface area (Å²) in [7, 11) is 0. The number of nitrogens with zero attached hydrogens (tertiary/aromatic N) is 4. The lowest BCUT2D eigenvalue weighted by molar-refractivity contribution is 0.0715. The van der Waals surface area contributed by atoms with Crippen LogP contribution >= 0.6 is 11.6 Å². The molecule has 0 saturated carbocycles. The lowest BCUT2D eigenvalue weighted by Gasteiger charge is -2.30. The monoisotopic (exact) mass is 431 g/mol. The van der Waals surface area contributed by atoms with E-state index in [2.05, 4.69) is 9.97 Å². The molecule has 0 aliphatic carbocycles. The molecule has 0 atom stereocenters. The number of nitrogens with two attached hydrogens (primary N) is 1. The number of imidazole rings is 1. The summed E-state index contributed by atoms with van der Waals surface area (Å²) in [6.45, 7) is 1.43. The minimum absolute atomic E-state index is 0.0569. The highest BCUT2D eigenvalue weighted by atomic mass is 35.5. The van der Waals surface area contributed by atoms with Gasteiger partial charge in [0.05, 0.1) is 23.8 Å². The van der Waals surface area contributed by atoms with Crippen LogP contribution in [0.25, 0.3) is 28.2 Å². The summed E-state index contributed by atoms with van der Waals surface area (Å²) in [4.78, 5) is 23.7. The van der Waals surface area contributed by atoms with Crippen LogP contribution in [0.15, 0.2) is 67.1 Å². The summed E-state index contributed by atoms with van der Waals surface area (Å²) in [5.74, 6) is 0.0569. The van der Waals surface area contributed by atoms with Crippen LogP contribution < -0.4 is 5.73 Å². The fraction of sp³-hybridized carbons (Fsp3) is 0.208. The minimum atomic E-state index is 0.0569. The smallest absolute Gasteiger partial charge is 0.253 e. The van der Waals surface area contributed by atoms with E-state index in [1.54, 1.807) is 6.20 Å². The standard InChI is InChI=1S/C24H22ClN5O/c25-19-7-5-17(6-8-19)22-13-28-23-14-27-21(15-30(22)23)16-1-3-18(4-2-16)24(31)29-11-9-20(26)10-12-29/h1-8,13-15,20H,9-12,26H2. The van der Waals surface area contributed by atoms with Gasteiger partial charge in [-0.05, 0) is 37.1 Å². The van der Waals surface area contributed by atoms with Crippen molar-refractivity contribution in [2.24, 2.45) is 5.73 Å². The van der Waals surface area contributed by atoms with E-state index in [9.17, 15) is 4.79 Å². The molecule has 31 heavy (non-hydrogen) atoms. The molecule has 0 bridgehead atoms. The van der Waals surface area contributed by atoms with E-state index >= 15 is 0 Å². The van der Waals surface area contributed by atoms with Gasteiger partial charge in [0, 0.05) is 47.0 Å². The fourth-order valence-corrected chi connectivity index (χ4v) is 4.07. The van der Waals surface area contributed by atoms with Crippen molar-refractivity contribution in [2.75, 3.05) is 13.1 Å². The fourth-order valence-electron chi connectivity index (χ4n) is 3.94. The topological polar surface area (TPSA) is 76.5 Å². The predicted octanol–water partition coefficient (Wildman–Crippen LogP) is 4.28. The SMILES string of the molecule is NC1CCN(C(=O)c2ccc(-c3cn4c(-c5ccc(Cl)cc5)cnc4cn3)cc2)CC1. The number of aromatic nitrogens is 3. The Kier molecular flexibility index (Phi) is 5.18. The average molecular weight is 432 g/mol. The van der Waals surface area contributed by atoms with Gasteiger partial charge in [0.25, 0.3) is 5.91 Å². The number of fused-ring (bicyclic) bond motifs is 1. The number of piperidine rings is 1. The van der Waals surface area contributed by atoms with Crippen molar-refractivity contribution >= 4 is 23.2 Å². The maximum absolute atomic E-state index is 12.8. The third-order valence-electron chi connectivity index (χ3n) is 5.79. The minimum Gasteiger partial charge on any atom is -0.339 e. The number of likely N-dealkylation sites (tertiary alicyclic amines) is 1. The second-order valence-electron chi connectivity index (χ2n) is 7.86. The van der Waals surface area contributed by atoms with Gasteiger partial charge in [0.15, 0.2) is 5.65 Å². The largest absolute Gasteiger partial charge is 0.339 e. The molecule has 6 nitrogen and oxygen atoms in total.